The topological polar surface area (TPSA) is 12.4 Å². The molecule has 1 aromatic carbocycles. The van der Waals surface area contributed by atoms with Gasteiger partial charge in [-0.2, -0.15) is 0 Å². The molecule has 16 heavy (non-hydrogen) atoms. The molecular formula is C15H19N. The third-order valence-corrected chi connectivity index (χ3v) is 4.01. The van der Waals surface area contributed by atoms with Crippen LogP contribution in [0.15, 0.2) is 35.3 Å². The Kier molecular flexibility index (Phi) is 2.77. The van der Waals surface area contributed by atoms with E-state index >= 15 is 0 Å². The molecule has 1 fully saturated rings. The summed E-state index contributed by atoms with van der Waals surface area (Å²) >= 11 is 0. The third-order valence-electron chi connectivity index (χ3n) is 4.01. The summed E-state index contributed by atoms with van der Waals surface area (Å²) in [6.07, 6.45) is 7.81. The highest BCUT2D eigenvalue weighted by atomic mass is 14.9. The van der Waals surface area contributed by atoms with Crippen LogP contribution < -0.4 is 0 Å². The van der Waals surface area contributed by atoms with Crippen molar-refractivity contribution >= 4 is 5.71 Å². The van der Waals surface area contributed by atoms with Gasteiger partial charge in [-0.3, -0.25) is 4.99 Å². The number of aryl methyl sites for hydroxylation is 1. The minimum absolute atomic E-state index is 0.700. The van der Waals surface area contributed by atoms with Crippen molar-refractivity contribution in [2.45, 2.75) is 44.6 Å². The zero-order valence-corrected chi connectivity index (χ0v) is 9.73. The number of aliphatic imine (C=N–C) groups is 1. The maximum atomic E-state index is 4.88. The fourth-order valence-corrected chi connectivity index (χ4v) is 3.12. The third kappa shape index (κ3) is 2.04. The van der Waals surface area contributed by atoms with Crippen LogP contribution in [0.1, 0.15) is 37.7 Å². The van der Waals surface area contributed by atoms with E-state index in [1.165, 1.54) is 49.8 Å². The molecule has 0 amide bonds. The number of nitrogens with zero attached hydrogens (tertiary/aromatic N) is 1. The maximum absolute atomic E-state index is 4.88. The van der Waals surface area contributed by atoms with Crippen LogP contribution in [-0.4, -0.2) is 11.8 Å². The van der Waals surface area contributed by atoms with E-state index < -0.39 is 0 Å². The Hall–Kier alpha value is -1.11. The summed E-state index contributed by atoms with van der Waals surface area (Å²) in [5, 5.41) is 0. The first kappa shape index (κ1) is 10.1. The van der Waals surface area contributed by atoms with Gasteiger partial charge in [-0.05, 0) is 43.6 Å². The highest BCUT2D eigenvalue weighted by Gasteiger charge is 2.32. The standard InChI is InChI=1S/C15H19N/c1-2-5-12(6-3-1)9-10-14-11-13-7-4-8-15(13)16-14/h1-3,5-6,13,15H,4,7-11H2/t13-,15-/m0/s1. The van der Waals surface area contributed by atoms with Gasteiger partial charge in [0.25, 0.3) is 0 Å². The molecule has 1 saturated carbocycles. The van der Waals surface area contributed by atoms with Crippen LogP contribution in [0, 0.1) is 5.92 Å². The molecule has 0 radical (unpaired) electrons. The van der Waals surface area contributed by atoms with E-state index in [2.05, 4.69) is 30.3 Å². The van der Waals surface area contributed by atoms with E-state index in [4.69, 9.17) is 4.99 Å². The molecule has 0 aromatic heterocycles. The molecule has 0 N–H and O–H groups in total. The molecule has 0 bridgehead atoms. The highest BCUT2D eigenvalue weighted by molar-refractivity contribution is 5.86. The quantitative estimate of drug-likeness (QED) is 0.727. The molecule has 1 heteroatoms. The Morgan fingerprint density at radius 1 is 1.06 bits per heavy atom. The van der Waals surface area contributed by atoms with E-state index in [1.807, 2.05) is 0 Å². The van der Waals surface area contributed by atoms with Crippen molar-refractivity contribution < 1.29 is 0 Å². The zero-order valence-electron chi connectivity index (χ0n) is 9.73. The number of rotatable bonds is 3. The molecule has 0 unspecified atom stereocenters. The summed E-state index contributed by atoms with van der Waals surface area (Å²) in [7, 11) is 0. The lowest BCUT2D eigenvalue weighted by Crippen LogP contribution is -2.04. The van der Waals surface area contributed by atoms with E-state index in [0.29, 0.717) is 6.04 Å². The van der Waals surface area contributed by atoms with Crippen LogP contribution in [0.4, 0.5) is 0 Å². The van der Waals surface area contributed by atoms with E-state index in [1.54, 1.807) is 0 Å². The van der Waals surface area contributed by atoms with Gasteiger partial charge in [0.1, 0.15) is 0 Å². The van der Waals surface area contributed by atoms with Crippen LogP contribution >= 0.6 is 0 Å². The normalized spacial score (nSPS) is 27.9. The number of fused-ring (bicyclic) bond motifs is 1. The summed E-state index contributed by atoms with van der Waals surface area (Å²) < 4.78 is 0. The maximum Gasteiger partial charge on any atom is 0.0530 e. The molecule has 2 atom stereocenters. The van der Waals surface area contributed by atoms with Crippen molar-refractivity contribution in [2.75, 3.05) is 0 Å². The Morgan fingerprint density at radius 2 is 1.94 bits per heavy atom. The lowest BCUT2D eigenvalue weighted by Gasteiger charge is -2.04. The van der Waals surface area contributed by atoms with E-state index in [9.17, 15) is 0 Å². The molecule has 1 nitrogen and oxygen atoms in total. The van der Waals surface area contributed by atoms with E-state index in [-0.39, 0.29) is 0 Å². The first-order chi connectivity index (χ1) is 7.92. The molecule has 3 rings (SSSR count). The minimum atomic E-state index is 0.700. The van der Waals surface area contributed by atoms with Gasteiger partial charge in [0.2, 0.25) is 0 Å². The summed E-state index contributed by atoms with van der Waals surface area (Å²) in [5.41, 5.74) is 2.93. The van der Waals surface area contributed by atoms with Gasteiger partial charge in [0.05, 0.1) is 6.04 Å². The van der Waals surface area contributed by atoms with Crippen LogP contribution in [0.3, 0.4) is 0 Å². The molecule has 1 aliphatic heterocycles. The molecular weight excluding hydrogens is 194 g/mol. The highest BCUT2D eigenvalue weighted by Crippen LogP contribution is 2.36. The van der Waals surface area contributed by atoms with Crippen LogP contribution in [-0.2, 0) is 6.42 Å². The van der Waals surface area contributed by atoms with Crippen molar-refractivity contribution in [3.05, 3.63) is 35.9 Å². The Bertz CT molecular complexity index is 380. The molecule has 1 heterocycles. The monoisotopic (exact) mass is 213 g/mol. The molecule has 1 aliphatic carbocycles. The lowest BCUT2D eigenvalue weighted by atomic mass is 9.98. The van der Waals surface area contributed by atoms with Gasteiger partial charge >= 0.3 is 0 Å². The van der Waals surface area contributed by atoms with Gasteiger partial charge < -0.3 is 0 Å². The largest absolute Gasteiger partial charge is 0.290 e. The molecule has 0 saturated heterocycles. The molecule has 84 valence electrons. The summed E-state index contributed by atoms with van der Waals surface area (Å²) in [6, 6.07) is 11.5. The number of hydrogen-bond acceptors (Lipinski definition) is 1. The fourth-order valence-electron chi connectivity index (χ4n) is 3.12. The average Bonchev–Trinajstić information content (AvgIpc) is 2.88. The fraction of sp³-hybridized carbons (Fsp3) is 0.533. The average molecular weight is 213 g/mol. The molecule has 1 aromatic rings. The van der Waals surface area contributed by atoms with Crippen LogP contribution in [0.2, 0.25) is 0 Å². The lowest BCUT2D eigenvalue weighted by molar-refractivity contribution is 0.535. The second-order valence-corrected chi connectivity index (χ2v) is 5.14. The van der Waals surface area contributed by atoms with Crippen molar-refractivity contribution in [3.63, 3.8) is 0 Å². The smallest absolute Gasteiger partial charge is 0.0530 e. The van der Waals surface area contributed by atoms with Crippen LogP contribution in [0.25, 0.3) is 0 Å². The second-order valence-electron chi connectivity index (χ2n) is 5.14. The summed E-state index contributed by atoms with van der Waals surface area (Å²) in [4.78, 5) is 4.88. The summed E-state index contributed by atoms with van der Waals surface area (Å²) in [6.45, 7) is 0. The van der Waals surface area contributed by atoms with Crippen molar-refractivity contribution in [2.24, 2.45) is 10.9 Å². The van der Waals surface area contributed by atoms with Crippen LogP contribution in [0.5, 0.6) is 0 Å². The van der Waals surface area contributed by atoms with E-state index in [0.717, 1.165) is 5.92 Å². The number of benzene rings is 1. The predicted molar refractivity (Wildman–Crippen MR) is 67.9 cm³/mol. The van der Waals surface area contributed by atoms with Gasteiger partial charge in [0.15, 0.2) is 0 Å². The Labute approximate surface area is 97.6 Å². The second kappa shape index (κ2) is 4.40. The predicted octanol–water partition coefficient (Wildman–Crippen LogP) is 3.63. The first-order valence-corrected chi connectivity index (χ1v) is 6.51. The SMILES string of the molecule is c1ccc(CCC2=N[C@H]3CCC[C@H]3C2)cc1. The zero-order chi connectivity index (χ0) is 10.8. The number of hydrogen-bond donors (Lipinski definition) is 0. The Balaban J connectivity index is 1.57. The van der Waals surface area contributed by atoms with Gasteiger partial charge in [-0.15, -0.1) is 0 Å². The van der Waals surface area contributed by atoms with Gasteiger partial charge in [0, 0.05) is 5.71 Å². The van der Waals surface area contributed by atoms with Crippen molar-refractivity contribution in [1.29, 1.82) is 0 Å². The van der Waals surface area contributed by atoms with Gasteiger partial charge in [-0.25, -0.2) is 0 Å². The Morgan fingerprint density at radius 3 is 2.75 bits per heavy atom. The minimum Gasteiger partial charge on any atom is -0.290 e. The van der Waals surface area contributed by atoms with Crippen molar-refractivity contribution in [3.8, 4) is 0 Å². The van der Waals surface area contributed by atoms with Gasteiger partial charge in [-0.1, -0.05) is 36.8 Å². The first-order valence-electron chi connectivity index (χ1n) is 6.51. The van der Waals surface area contributed by atoms with Crippen molar-refractivity contribution in [1.82, 2.24) is 0 Å². The molecule has 2 aliphatic rings. The summed E-state index contributed by atoms with van der Waals surface area (Å²) in [5.74, 6) is 0.908. The molecule has 0 spiro atoms.